The van der Waals surface area contributed by atoms with Crippen molar-refractivity contribution in [2.75, 3.05) is 18.9 Å². The third-order valence-electron chi connectivity index (χ3n) is 4.07. The van der Waals surface area contributed by atoms with Crippen molar-refractivity contribution >= 4 is 17.5 Å². The third-order valence-corrected chi connectivity index (χ3v) is 4.07. The Kier molecular flexibility index (Phi) is 4.99. The number of hydrogen-bond acceptors (Lipinski definition) is 2. The number of unbranched alkanes of at least 4 members (excludes halogenated alkanes) is 1. The van der Waals surface area contributed by atoms with Crippen LogP contribution in [-0.4, -0.2) is 30.3 Å². The van der Waals surface area contributed by atoms with E-state index in [9.17, 15) is 9.59 Å². The highest BCUT2D eigenvalue weighted by Crippen LogP contribution is 2.40. The monoisotopic (exact) mass is 288 g/mol. The van der Waals surface area contributed by atoms with Crippen LogP contribution in [0.5, 0.6) is 0 Å². The second-order valence-corrected chi connectivity index (χ2v) is 5.87. The van der Waals surface area contributed by atoms with Crippen LogP contribution in [0.2, 0.25) is 0 Å². The summed E-state index contributed by atoms with van der Waals surface area (Å²) in [7, 11) is 1.83. The van der Waals surface area contributed by atoms with E-state index in [1.165, 1.54) is 0 Å². The molecule has 1 fully saturated rings. The molecule has 1 aromatic rings. The molecular weight excluding hydrogens is 264 g/mol. The molecule has 21 heavy (non-hydrogen) atoms. The van der Waals surface area contributed by atoms with Gasteiger partial charge in [0.25, 0.3) is 0 Å². The number of hydrogen-bond donors (Lipinski definition) is 1. The Labute approximate surface area is 126 Å². The van der Waals surface area contributed by atoms with Gasteiger partial charge in [0.2, 0.25) is 11.8 Å². The number of nitrogens with zero attached hydrogens (tertiary/aromatic N) is 1. The molecule has 2 unspecified atom stereocenters. The van der Waals surface area contributed by atoms with Gasteiger partial charge in [0, 0.05) is 19.3 Å². The molecule has 0 radical (unpaired) electrons. The number of nitrogens with one attached hydrogen (secondary N) is 1. The maximum atomic E-state index is 12.2. The zero-order valence-corrected chi connectivity index (χ0v) is 13.1. The molecular formula is C17H24N2O2. The smallest absolute Gasteiger partial charge is 0.228 e. The fourth-order valence-corrected chi connectivity index (χ4v) is 2.48. The van der Waals surface area contributed by atoms with Crippen LogP contribution in [0.25, 0.3) is 0 Å². The van der Waals surface area contributed by atoms with E-state index in [-0.39, 0.29) is 23.7 Å². The van der Waals surface area contributed by atoms with Crippen LogP contribution in [0, 0.1) is 18.8 Å². The van der Waals surface area contributed by atoms with Crippen molar-refractivity contribution in [2.45, 2.75) is 33.1 Å². The number of aryl methyl sites for hydroxylation is 1. The molecule has 2 rings (SSSR count). The Morgan fingerprint density at radius 1 is 1.29 bits per heavy atom. The van der Waals surface area contributed by atoms with Crippen molar-refractivity contribution in [1.29, 1.82) is 0 Å². The van der Waals surface area contributed by atoms with Crippen LogP contribution in [0.15, 0.2) is 24.3 Å². The minimum absolute atomic E-state index is 0.0356. The second-order valence-electron chi connectivity index (χ2n) is 5.87. The fourth-order valence-electron chi connectivity index (χ4n) is 2.48. The summed E-state index contributed by atoms with van der Waals surface area (Å²) in [6.07, 6.45) is 2.75. The number of amides is 2. The summed E-state index contributed by atoms with van der Waals surface area (Å²) in [5, 5.41) is 2.93. The van der Waals surface area contributed by atoms with Gasteiger partial charge in [-0.3, -0.25) is 9.59 Å². The number of rotatable bonds is 6. The number of carbonyl (C=O) groups excluding carboxylic acids is 2. The molecule has 0 bridgehead atoms. The standard InChI is InChI=1S/C17H24N2O2/c1-4-5-10-19(3)17(21)14-11-13(14)16(20)18-15-9-7-6-8-12(15)2/h6-9,13-14H,4-5,10-11H2,1-3H3,(H,18,20). The first-order valence-corrected chi connectivity index (χ1v) is 7.66. The number of benzene rings is 1. The first kappa shape index (κ1) is 15.5. The lowest BCUT2D eigenvalue weighted by Gasteiger charge is -2.16. The molecule has 2 amide bonds. The summed E-state index contributed by atoms with van der Waals surface area (Å²) >= 11 is 0. The summed E-state index contributed by atoms with van der Waals surface area (Å²) in [6, 6.07) is 7.69. The molecule has 0 saturated heterocycles. The average Bonchev–Trinajstić information content (AvgIpc) is 3.26. The van der Waals surface area contributed by atoms with Crippen LogP contribution >= 0.6 is 0 Å². The van der Waals surface area contributed by atoms with Crippen molar-refractivity contribution in [3.05, 3.63) is 29.8 Å². The van der Waals surface area contributed by atoms with E-state index >= 15 is 0 Å². The minimum Gasteiger partial charge on any atom is -0.346 e. The van der Waals surface area contributed by atoms with Gasteiger partial charge in [-0.25, -0.2) is 0 Å². The number of para-hydroxylation sites is 1. The van der Waals surface area contributed by atoms with Crippen molar-refractivity contribution in [3.8, 4) is 0 Å². The molecule has 0 heterocycles. The molecule has 2 atom stereocenters. The molecule has 4 heteroatoms. The molecule has 1 aliphatic rings. The molecule has 4 nitrogen and oxygen atoms in total. The largest absolute Gasteiger partial charge is 0.346 e. The second kappa shape index (κ2) is 6.74. The lowest BCUT2D eigenvalue weighted by Crippen LogP contribution is -2.30. The van der Waals surface area contributed by atoms with Gasteiger partial charge >= 0.3 is 0 Å². The van der Waals surface area contributed by atoms with E-state index in [0.717, 1.165) is 30.6 Å². The highest BCUT2D eigenvalue weighted by molar-refractivity contribution is 5.99. The SMILES string of the molecule is CCCCN(C)C(=O)C1CC1C(=O)Nc1ccccc1C. The van der Waals surface area contributed by atoms with Gasteiger partial charge in [-0.15, -0.1) is 0 Å². The van der Waals surface area contributed by atoms with Gasteiger partial charge in [0.15, 0.2) is 0 Å². The van der Waals surface area contributed by atoms with E-state index < -0.39 is 0 Å². The van der Waals surface area contributed by atoms with Gasteiger partial charge in [-0.05, 0) is 31.4 Å². The maximum Gasteiger partial charge on any atom is 0.228 e. The predicted octanol–water partition coefficient (Wildman–Crippen LogP) is 2.83. The lowest BCUT2D eigenvalue weighted by molar-refractivity contribution is -0.132. The first-order chi connectivity index (χ1) is 10.0. The molecule has 1 N–H and O–H groups in total. The van der Waals surface area contributed by atoms with Crippen molar-refractivity contribution < 1.29 is 9.59 Å². The maximum absolute atomic E-state index is 12.2. The highest BCUT2D eigenvalue weighted by Gasteiger charge is 2.48. The van der Waals surface area contributed by atoms with E-state index in [1.807, 2.05) is 38.2 Å². The topological polar surface area (TPSA) is 49.4 Å². The van der Waals surface area contributed by atoms with Crippen LogP contribution < -0.4 is 5.32 Å². The van der Waals surface area contributed by atoms with E-state index in [0.29, 0.717) is 6.42 Å². The lowest BCUT2D eigenvalue weighted by atomic mass is 10.2. The summed E-state index contributed by atoms with van der Waals surface area (Å²) in [4.78, 5) is 26.1. The molecule has 0 aliphatic heterocycles. The van der Waals surface area contributed by atoms with Crippen molar-refractivity contribution in [2.24, 2.45) is 11.8 Å². The van der Waals surface area contributed by atoms with E-state index in [1.54, 1.807) is 4.90 Å². The zero-order valence-electron chi connectivity index (χ0n) is 13.1. The van der Waals surface area contributed by atoms with Gasteiger partial charge in [-0.1, -0.05) is 31.5 Å². The van der Waals surface area contributed by atoms with Gasteiger partial charge in [-0.2, -0.15) is 0 Å². The Bertz CT molecular complexity index is 527. The summed E-state index contributed by atoms with van der Waals surface area (Å²) in [6.45, 7) is 4.84. The summed E-state index contributed by atoms with van der Waals surface area (Å²) < 4.78 is 0. The Morgan fingerprint density at radius 3 is 2.67 bits per heavy atom. The molecule has 1 aliphatic carbocycles. The molecule has 1 saturated carbocycles. The average molecular weight is 288 g/mol. The highest BCUT2D eigenvalue weighted by atomic mass is 16.2. The quantitative estimate of drug-likeness (QED) is 0.875. The Hall–Kier alpha value is -1.84. The molecule has 0 spiro atoms. The predicted molar refractivity (Wildman–Crippen MR) is 84.0 cm³/mol. The zero-order chi connectivity index (χ0) is 15.4. The first-order valence-electron chi connectivity index (χ1n) is 7.66. The molecule has 0 aromatic heterocycles. The number of anilines is 1. The number of carbonyl (C=O) groups is 2. The summed E-state index contributed by atoms with van der Waals surface area (Å²) in [5.41, 5.74) is 1.87. The normalized spacial score (nSPS) is 20.0. The van der Waals surface area contributed by atoms with E-state index in [4.69, 9.17) is 0 Å². The van der Waals surface area contributed by atoms with E-state index in [2.05, 4.69) is 12.2 Å². The Morgan fingerprint density at radius 2 is 2.00 bits per heavy atom. The summed E-state index contributed by atoms with van der Waals surface area (Å²) in [5.74, 6) is -0.225. The molecule has 1 aromatic carbocycles. The van der Waals surface area contributed by atoms with Crippen molar-refractivity contribution in [3.63, 3.8) is 0 Å². The minimum atomic E-state index is -0.166. The molecule has 114 valence electrons. The van der Waals surface area contributed by atoms with Crippen LogP contribution in [0.1, 0.15) is 31.7 Å². The van der Waals surface area contributed by atoms with Gasteiger partial charge in [0.1, 0.15) is 0 Å². The van der Waals surface area contributed by atoms with Gasteiger partial charge in [0.05, 0.1) is 11.8 Å². The third kappa shape index (κ3) is 3.84. The van der Waals surface area contributed by atoms with Crippen LogP contribution in [0.4, 0.5) is 5.69 Å². The van der Waals surface area contributed by atoms with Gasteiger partial charge < -0.3 is 10.2 Å². The Balaban J connectivity index is 1.87. The van der Waals surface area contributed by atoms with Crippen LogP contribution in [0.3, 0.4) is 0 Å². The fraction of sp³-hybridized carbons (Fsp3) is 0.529. The van der Waals surface area contributed by atoms with Crippen molar-refractivity contribution in [1.82, 2.24) is 4.90 Å². The van der Waals surface area contributed by atoms with Crippen LogP contribution in [-0.2, 0) is 9.59 Å².